The number of nitrogens with zero attached hydrogens (tertiary/aromatic N) is 1. The fourth-order valence-corrected chi connectivity index (χ4v) is 1.81. The van der Waals surface area contributed by atoms with E-state index in [1.54, 1.807) is 32.2 Å². The summed E-state index contributed by atoms with van der Waals surface area (Å²) in [4.78, 5) is 11.2. The van der Waals surface area contributed by atoms with E-state index in [1.807, 2.05) is 0 Å². The Morgan fingerprint density at radius 2 is 2.10 bits per heavy atom. The highest BCUT2D eigenvalue weighted by Gasteiger charge is 2.18. The van der Waals surface area contributed by atoms with Crippen molar-refractivity contribution >= 4 is 17.5 Å². The average molecular weight is 277 g/mol. The second kappa shape index (κ2) is 5.52. The summed E-state index contributed by atoms with van der Waals surface area (Å²) in [6.07, 6.45) is 0. The molecule has 1 heterocycles. The SMILES string of the molecule is COc1ccc(Nc2n[nH]c(C)c2C(=O)O)c(OC)c1. The Bertz CT molecular complexity index is 637. The molecule has 0 saturated carbocycles. The number of ether oxygens (including phenoxy) is 2. The summed E-state index contributed by atoms with van der Waals surface area (Å²) in [6, 6.07) is 5.17. The van der Waals surface area contributed by atoms with Crippen molar-refractivity contribution < 1.29 is 19.4 Å². The number of carbonyl (C=O) groups is 1. The van der Waals surface area contributed by atoms with E-state index in [2.05, 4.69) is 15.5 Å². The van der Waals surface area contributed by atoms with Gasteiger partial charge in [-0.25, -0.2) is 4.79 Å². The predicted octanol–water partition coefficient (Wildman–Crippen LogP) is 2.18. The molecular weight excluding hydrogens is 262 g/mol. The lowest BCUT2D eigenvalue weighted by molar-refractivity contribution is 0.0697. The van der Waals surface area contributed by atoms with Crippen LogP contribution in [-0.4, -0.2) is 35.5 Å². The number of aryl methyl sites for hydroxylation is 1. The highest BCUT2D eigenvalue weighted by atomic mass is 16.5. The topological polar surface area (TPSA) is 96.5 Å². The number of nitrogens with one attached hydrogen (secondary N) is 2. The third-order valence-electron chi connectivity index (χ3n) is 2.82. The number of H-pyrrole nitrogens is 1. The van der Waals surface area contributed by atoms with Gasteiger partial charge >= 0.3 is 5.97 Å². The number of carboxylic acids is 1. The highest BCUT2D eigenvalue weighted by molar-refractivity contribution is 5.95. The van der Waals surface area contributed by atoms with E-state index in [-0.39, 0.29) is 11.4 Å². The van der Waals surface area contributed by atoms with E-state index < -0.39 is 5.97 Å². The summed E-state index contributed by atoms with van der Waals surface area (Å²) in [5.41, 5.74) is 1.18. The Labute approximate surface area is 115 Å². The molecular formula is C13H15N3O4. The number of hydrogen-bond acceptors (Lipinski definition) is 5. The largest absolute Gasteiger partial charge is 0.497 e. The van der Waals surface area contributed by atoms with Gasteiger partial charge in [-0.15, -0.1) is 0 Å². The number of aromatic amines is 1. The first-order valence-corrected chi connectivity index (χ1v) is 5.84. The minimum absolute atomic E-state index is 0.0999. The molecule has 0 amide bonds. The zero-order valence-electron chi connectivity index (χ0n) is 11.4. The fourth-order valence-electron chi connectivity index (χ4n) is 1.81. The summed E-state index contributed by atoms with van der Waals surface area (Å²) >= 11 is 0. The number of aromatic nitrogens is 2. The Kier molecular flexibility index (Phi) is 3.79. The zero-order chi connectivity index (χ0) is 14.7. The van der Waals surface area contributed by atoms with Gasteiger partial charge < -0.3 is 19.9 Å². The van der Waals surface area contributed by atoms with Gasteiger partial charge in [0, 0.05) is 11.8 Å². The van der Waals surface area contributed by atoms with Gasteiger partial charge in [0.15, 0.2) is 5.82 Å². The highest BCUT2D eigenvalue weighted by Crippen LogP contribution is 2.32. The maximum Gasteiger partial charge on any atom is 0.341 e. The van der Waals surface area contributed by atoms with Crippen LogP contribution in [0, 0.1) is 6.92 Å². The lowest BCUT2D eigenvalue weighted by Crippen LogP contribution is -2.03. The van der Waals surface area contributed by atoms with Crippen molar-refractivity contribution in [2.75, 3.05) is 19.5 Å². The molecule has 0 atom stereocenters. The van der Waals surface area contributed by atoms with Crippen LogP contribution in [0.15, 0.2) is 18.2 Å². The zero-order valence-corrected chi connectivity index (χ0v) is 11.4. The molecule has 2 aromatic rings. The molecule has 106 valence electrons. The van der Waals surface area contributed by atoms with Crippen LogP contribution >= 0.6 is 0 Å². The molecule has 0 bridgehead atoms. The Hall–Kier alpha value is -2.70. The van der Waals surface area contributed by atoms with E-state index in [0.717, 1.165) is 0 Å². The van der Waals surface area contributed by atoms with Crippen molar-refractivity contribution in [1.29, 1.82) is 0 Å². The van der Waals surface area contributed by atoms with E-state index in [1.165, 1.54) is 7.11 Å². The number of rotatable bonds is 5. The summed E-state index contributed by atoms with van der Waals surface area (Å²) in [5.74, 6) is 0.357. The van der Waals surface area contributed by atoms with Crippen LogP contribution in [0.5, 0.6) is 11.5 Å². The van der Waals surface area contributed by atoms with Gasteiger partial charge in [-0.05, 0) is 19.1 Å². The molecule has 3 N–H and O–H groups in total. The molecule has 0 saturated heterocycles. The molecule has 0 fully saturated rings. The lowest BCUT2D eigenvalue weighted by atomic mass is 10.2. The maximum absolute atomic E-state index is 11.2. The van der Waals surface area contributed by atoms with Gasteiger partial charge in [-0.3, -0.25) is 5.10 Å². The number of carboxylic acid groups (broad SMARTS) is 1. The average Bonchev–Trinajstić information content (AvgIpc) is 2.80. The van der Waals surface area contributed by atoms with Crippen LogP contribution in [0.2, 0.25) is 0 Å². The van der Waals surface area contributed by atoms with Crippen LogP contribution in [-0.2, 0) is 0 Å². The summed E-state index contributed by atoms with van der Waals surface area (Å²) in [6.45, 7) is 1.65. The Morgan fingerprint density at radius 1 is 1.35 bits per heavy atom. The van der Waals surface area contributed by atoms with Crippen LogP contribution in [0.4, 0.5) is 11.5 Å². The molecule has 7 nitrogen and oxygen atoms in total. The number of anilines is 2. The molecule has 0 spiro atoms. The second-order valence-corrected chi connectivity index (χ2v) is 4.07. The number of methoxy groups -OCH3 is 2. The van der Waals surface area contributed by atoms with E-state index in [4.69, 9.17) is 9.47 Å². The standard InChI is InChI=1S/C13H15N3O4/c1-7-11(13(17)18)12(16-15-7)14-9-5-4-8(19-2)6-10(9)20-3/h4-6H,1-3H3,(H,17,18)(H2,14,15,16). The molecule has 7 heteroatoms. The smallest absolute Gasteiger partial charge is 0.341 e. The first-order valence-electron chi connectivity index (χ1n) is 5.84. The predicted molar refractivity (Wildman–Crippen MR) is 73.1 cm³/mol. The first kappa shape index (κ1) is 13.7. The molecule has 0 unspecified atom stereocenters. The van der Waals surface area contributed by atoms with E-state index in [0.29, 0.717) is 22.9 Å². The molecule has 20 heavy (non-hydrogen) atoms. The van der Waals surface area contributed by atoms with Gasteiger partial charge in [0.1, 0.15) is 17.1 Å². The lowest BCUT2D eigenvalue weighted by Gasteiger charge is -2.11. The second-order valence-electron chi connectivity index (χ2n) is 4.07. The Balaban J connectivity index is 2.37. The third kappa shape index (κ3) is 2.51. The summed E-state index contributed by atoms with van der Waals surface area (Å²) in [5, 5.41) is 18.7. The van der Waals surface area contributed by atoms with Crippen LogP contribution < -0.4 is 14.8 Å². The van der Waals surface area contributed by atoms with Crippen LogP contribution in [0.1, 0.15) is 16.1 Å². The van der Waals surface area contributed by atoms with Crippen LogP contribution in [0.25, 0.3) is 0 Å². The summed E-state index contributed by atoms with van der Waals surface area (Å²) in [7, 11) is 3.08. The maximum atomic E-state index is 11.2. The van der Waals surface area contributed by atoms with Crippen molar-refractivity contribution in [3.63, 3.8) is 0 Å². The van der Waals surface area contributed by atoms with Crippen molar-refractivity contribution in [3.05, 3.63) is 29.5 Å². The number of benzene rings is 1. The van der Waals surface area contributed by atoms with Gasteiger partial charge in [-0.2, -0.15) is 5.10 Å². The summed E-state index contributed by atoms with van der Waals surface area (Å²) < 4.78 is 10.3. The monoisotopic (exact) mass is 277 g/mol. The van der Waals surface area contributed by atoms with Crippen molar-refractivity contribution in [1.82, 2.24) is 10.2 Å². The molecule has 0 aliphatic rings. The normalized spacial score (nSPS) is 10.2. The van der Waals surface area contributed by atoms with Gasteiger partial charge in [0.2, 0.25) is 0 Å². The third-order valence-corrected chi connectivity index (χ3v) is 2.82. The fraction of sp³-hybridized carbons (Fsp3) is 0.231. The van der Waals surface area contributed by atoms with Crippen molar-refractivity contribution in [2.45, 2.75) is 6.92 Å². The van der Waals surface area contributed by atoms with Crippen molar-refractivity contribution in [2.24, 2.45) is 0 Å². The van der Waals surface area contributed by atoms with E-state index in [9.17, 15) is 9.90 Å². The molecule has 0 radical (unpaired) electrons. The minimum atomic E-state index is -1.05. The molecule has 0 aliphatic carbocycles. The van der Waals surface area contributed by atoms with Gasteiger partial charge in [0.25, 0.3) is 0 Å². The number of aromatic carboxylic acids is 1. The minimum Gasteiger partial charge on any atom is -0.497 e. The molecule has 1 aromatic carbocycles. The Morgan fingerprint density at radius 3 is 2.70 bits per heavy atom. The quantitative estimate of drug-likeness (QED) is 0.775. The van der Waals surface area contributed by atoms with Gasteiger partial charge in [-0.1, -0.05) is 0 Å². The molecule has 2 rings (SSSR count). The van der Waals surface area contributed by atoms with Gasteiger partial charge in [0.05, 0.1) is 19.9 Å². The molecule has 1 aromatic heterocycles. The van der Waals surface area contributed by atoms with E-state index >= 15 is 0 Å². The molecule has 0 aliphatic heterocycles. The number of hydrogen-bond donors (Lipinski definition) is 3. The van der Waals surface area contributed by atoms with Crippen LogP contribution in [0.3, 0.4) is 0 Å². The first-order chi connectivity index (χ1) is 9.56. The van der Waals surface area contributed by atoms with Crippen molar-refractivity contribution in [3.8, 4) is 11.5 Å².